The Hall–Kier alpha value is -2.35. The number of cyclic esters (lactones) is 1. The first-order chi connectivity index (χ1) is 10.0. The Labute approximate surface area is 125 Å². The normalized spacial score (nSPS) is 21.4. The summed E-state index contributed by atoms with van der Waals surface area (Å²) < 4.78 is 5.79. The van der Waals surface area contributed by atoms with Crippen molar-refractivity contribution in [1.29, 1.82) is 0 Å². The van der Waals surface area contributed by atoms with Crippen LogP contribution in [0.2, 0.25) is 0 Å². The molecule has 3 rings (SSSR count). The molecule has 0 spiro atoms. The average Bonchev–Trinajstić information content (AvgIpc) is 2.80. The highest BCUT2D eigenvalue weighted by Crippen LogP contribution is 2.44. The van der Waals surface area contributed by atoms with Crippen LogP contribution in [-0.2, 0) is 15.1 Å². The van der Waals surface area contributed by atoms with Crippen molar-refractivity contribution in [3.05, 3.63) is 82.9 Å². The van der Waals surface area contributed by atoms with Gasteiger partial charge in [0.1, 0.15) is 0 Å². The second-order valence-corrected chi connectivity index (χ2v) is 5.66. The Morgan fingerprint density at radius 2 is 1.71 bits per heavy atom. The van der Waals surface area contributed by atoms with E-state index >= 15 is 0 Å². The van der Waals surface area contributed by atoms with Crippen molar-refractivity contribution < 1.29 is 9.53 Å². The monoisotopic (exact) mass is 278 g/mol. The van der Waals surface area contributed by atoms with Crippen LogP contribution in [0, 0.1) is 13.8 Å². The molecule has 1 aliphatic heterocycles. The summed E-state index contributed by atoms with van der Waals surface area (Å²) in [6.07, 6.45) is 0.498. The second kappa shape index (κ2) is 4.88. The summed E-state index contributed by atoms with van der Waals surface area (Å²) in [6, 6.07) is 16.1. The molecule has 0 bridgehead atoms. The summed E-state index contributed by atoms with van der Waals surface area (Å²) in [5.74, 6) is -0.308. The predicted molar refractivity (Wildman–Crippen MR) is 83.0 cm³/mol. The average molecular weight is 278 g/mol. The van der Waals surface area contributed by atoms with Crippen LogP contribution < -0.4 is 0 Å². The second-order valence-electron chi connectivity index (χ2n) is 5.66. The Bertz CT molecular complexity index is 698. The zero-order valence-electron chi connectivity index (χ0n) is 12.3. The zero-order chi connectivity index (χ0) is 15.0. The van der Waals surface area contributed by atoms with Crippen LogP contribution in [-0.4, -0.2) is 5.97 Å². The minimum absolute atomic E-state index is 0.308. The molecular weight excluding hydrogens is 260 g/mol. The van der Waals surface area contributed by atoms with Crippen molar-refractivity contribution in [3.8, 4) is 0 Å². The molecule has 0 saturated carbocycles. The van der Waals surface area contributed by atoms with Crippen LogP contribution >= 0.6 is 0 Å². The molecule has 1 saturated heterocycles. The van der Waals surface area contributed by atoms with Gasteiger partial charge in [-0.15, -0.1) is 0 Å². The third kappa shape index (κ3) is 2.17. The molecule has 0 radical (unpaired) electrons. The van der Waals surface area contributed by atoms with Gasteiger partial charge in [0.25, 0.3) is 0 Å². The first-order valence-electron chi connectivity index (χ1n) is 7.07. The lowest BCUT2D eigenvalue weighted by Gasteiger charge is -2.29. The molecular formula is C19H18O2. The van der Waals surface area contributed by atoms with Gasteiger partial charge in [-0.3, -0.25) is 0 Å². The number of benzene rings is 2. The molecule has 2 nitrogen and oxygen atoms in total. The number of aryl methyl sites for hydroxylation is 2. The number of ether oxygens (including phenoxy) is 1. The van der Waals surface area contributed by atoms with Crippen molar-refractivity contribution in [2.75, 3.05) is 0 Å². The molecule has 1 heterocycles. The SMILES string of the molecule is C=C1C[C@](c2ccccc2)(c2ccc(C)c(C)c2)OC1=O. The number of rotatable bonds is 2. The van der Waals surface area contributed by atoms with E-state index in [2.05, 4.69) is 32.6 Å². The molecule has 0 N–H and O–H groups in total. The van der Waals surface area contributed by atoms with E-state index in [1.54, 1.807) is 0 Å². The third-order valence-electron chi connectivity index (χ3n) is 4.23. The minimum Gasteiger partial charge on any atom is -0.446 e. The summed E-state index contributed by atoms with van der Waals surface area (Å²) in [7, 11) is 0. The standard InChI is InChI=1S/C19H18O2/c1-13-9-10-17(11-14(13)2)19(12-15(3)18(20)21-19)16-7-5-4-6-8-16/h4-11H,3,12H2,1-2H3/t19-/m0/s1. The van der Waals surface area contributed by atoms with Gasteiger partial charge in [0.2, 0.25) is 0 Å². The maximum Gasteiger partial charge on any atom is 0.334 e. The number of esters is 1. The summed E-state index contributed by atoms with van der Waals surface area (Å²) in [4.78, 5) is 12.0. The van der Waals surface area contributed by atoms with E-state index in [0.717, 1.165) is 11.1 Å². The summed E-state index contributed by atoms with van der Waals surface area (Å²) in [5.41, 5.74) is 4.19. The van der Waals surface area contributed by atoms with Gasteiger partial charge in [-0.05, 0) is 25.0 Å². The van der Waals surface area contributed by atoms with Crippen molar-refractivity contribution in [2.45, 2.75) is 25.9 Å². The molecule has 1 fully saturated rings. The molecule has 2 heteroatoms. The summed E-state index contributed by atoms with van der Waals surface area (Å²) in [5, 5.41) is 0. The Kier molecular flexibility index (Phi) is 3.17. The minimum atomic E-state index is -0.742. The van der Waals surface area contributed by atoms with E-state index in [1.165, 1.54) is 11.1 Å². The fourth-order valence-electron chi connectivity index (χ4n) is 2.83. The Morgan fingerprint density at radius 3 is 2.29 bits per heavy atom. The summed E-state index contributed by atoms with van der Waals surface area (Å²) >= 11 is 0. The van der Waals surface area contributed by atoms with Crippen LogP contribution in [0.1, 0.15) is 28.7 Å². The van der Waals surface area contributed by atoms with Gasteiger partial charge in [0, 0.05) is 23.1 Å². The quantitative estimate of drug-likeness (QED) is 0.612. The van der Waals surface area contributed by atoms with Gasteiger partial charge in [-0.25, -0.2) is 4.79 Å². The molecule has 0 aliphatic carbocycles. The van der Waals surface area contributed by atoms with Crippen molar-refractivity contribution >= 4 is 5.97 Å². The van der Waals surface area contributed by atoms with Crippen LogP contribution in [0.15, 0.2) is 60.7 Å². The van der Waals surface area contributed by atoms with Gasteiger partial charge in [-0.1, -0.05) is 55.1 Å². The largest absolute Gasteiger partial charge is 0.446 e. The van der Waals surface area contributed by atoms with E-state index in [0.29, 0.717) is 12.0 Å². The molecule has 21 heavy (non-hydrogen) atoms. The topological polar surface area (TPSA) is 26.3 Å². The Balaban J connectivity index is 2.20. The van der Waals surface area contributed by atoms with Crippen LogP contribution in [0.3, 0.4) is 0 Å². The number of carbonyl (C=O) groups excluding carboxylic acids is 1. The summed E-state index contributed by atoms with van der Waals surface area (Å²) in [6.45, 7) is 8.00. The molecule has 106 valence electrons. The van der Waals surface area contributed by atoms with Crippen LogP contribution in [0.4, 0.5) is 0 Å². The molecule has 0 aromatic heterocycles. The zero-order valence-corrected chi connectivity index (χ0v) is 12.3. The van der Waals surface area contributed by atoms with Gasteiger partial charge >= 0.3 is 5.97 Å². The molecule has 0 unspecified atom stereocenters. The van der Waals surface area contributed by atoms with Crippen LogP contribution in [0.25, 0.3) is 0 Å². The van der Waals surface area contributed by atoms with E-state index in [-0.39, 0.29) is 5.97 Å². The molecule has 1 atom stereocenters. The van der Waals surface area contributed by atoms with Crippen molar-refractivity contribution in [1.82, 2.24) is 0 Å². The smallest absolute Gasteiger partial charge is 0.334 e. The number of hydrogen-bond acceptors (Lipinski definition) is 2. The van der Waals surface area contributed by atoms with E-state index in [4.69, 9.17) is 4.74 Å². The molecule has 2 aromatic rings. The van der Waals surface area contributed by atoms with E-state index < -0.39 is 5.60 Å². The highest BCUT2D eigenvalue weighted by Gasteiger charge is 2.45. The maximum absolute atomic E-state index is 12.0. The first kappa shape index (κ1) is 13.6. The first-order valence-corrected chi connectivity index (χ1v) is 7.07. The highest BCUT2D eigenvalue weighted by molar-refractivity contribution is 5.91. The third-order valence-corrected chi connectivity index (χ3v) is 4.23. The highest BCUT2D eigenvalue weighted by atomic mass is 16.6. The maximum atomic E-state index is 12.0. The van der Waals surface area contributed by atoms with E-state index in [1.807, 2.05) is 36.4 Å². The molecule has 2 aromatic carbocycles. The lowest BCUT2D eigenvalue weighted by atomic mass is 9.82. The number of carbonyl (C=O) groups is 1. The molecule has 1 aliphatic rings. The van der Waals surface area contributed by atoms with Crippen molar-refractivity contribution in [2.24, 2.45) is 0 Å². The lowest BCUT2D eigenvalue weighted by molar-refractivity contribution is -0.144. The predicted octanol–water partition coefficient (Wildman–Crippen LogP) is 4.05. The lowest BCUT2D eigenvalue weighted by Crippen LogP contribution is -2.27. The van der Waals surface area contributed by atoms with E-state index in [9.17, 15) is 4.79 Å². The molecule has 0 amide bonds. The fraction of sp³-hybridized carbons (Fsp3) is 0.211. The van der Waals surface area contributed by atoms with Gasteiger partial charge in [-0.2, -0.15) is 0 Å². The van der Waals surface area contributed by atoms with Gasteiger partial charge in [0.05, 0.1) is 0 Å². The number of hydrogen-bond donors (Lipinski definition) is 0. The Morgan fingerprint density at radius 1 is 1.00 bits per heavy atom. The van der Waals surface area contributed by atoms with Crippen molar-refractivity contribution in [3.63, 3.8) is 0 Å². The fourth-order valence-corrected chi connectivity index (χ4v) is 2.83. The van der Waals surface area contributed by atoms with Gasteiger partial charge in [0.15, 0.2) is 5.60 Å². The van der Waals surface area contributed by atoms with Crippen LogP contribution in [0.5, 0.6) is 0 Å². The van der Waals surface area contributed by atoms with Gasteiger partial charge < -0.3 is 4.74 Å².